The Kier molecular flexibility index (Phi) is 2.48. The van der Waals surface area contributed by atoms with Gasteiger partial charge < -0.3 is 9.55 Å². The molecule has 0 amide bonds. The van der Waals surface area contributed by atoms with Crippen LogP contribution in [0, 0.1) is 0 Å². The maximum absolute atomic E-state index is 3.33. The van der Waals surface area contributed by atoms with Gasteiger partial charge in [0.2, 0.25) is 0 Å². The summed E-state index contributed by atoms with van der Waals surface area (Å²) in [5.41, 5.74) is 4.02. The number of rotatable bonds is 3. The van der Waals surface area contributed by atoms with Crippen molar-refractivity contribution in [1.82, 2.24) is 9.55 Å². The molecule has 0 aliphatic carbocycles. The van der Waals surface area contributed by atoms with Crippen LogP contribution in [0.15, 0.2) is 48.8 Å². The molecule has 86 valence electrons. The molecule has 0 radical (unpaired) electrons. The standard InChI is InChI=1S/C15H16N2/c1-17-10-4-5-13(17)9-8-12-11-16-15-7-3-2-6-14(12)15/h2-7,10-11,16H,8-9H2,1H3. The van der Waals surface area contributed by atoms with Crippen LogP contribution in [-0.4, -0.2) is 9.55 Å². The van der Waals surface area contributed by atoms with Gasteiger partial charge in [-0.15, -0.1) is 0 Å². The Balaban J connectivity index is 1.84. The van der Waals surface area contributed by atoms with E-state index < -0.39 is 0 Å². The molecule has 0 saturated heterocycles. The van der Waals surface area contributed by atoms with E-state index in [4.69, 9.17) is 0 Å². The Hall–Kier alpha value is -1.96. The van der Waals surface area contributed by atoms with Crippen molar-refractivity contribution >= 4 is 10.9 Å². The molecule has 0 aliphatic heterocycles. The van der Waals surface area contributed by atoms with E-state index in [1.54, 1.807) is 0 Å². The molecule has 0 fully saturated rings. The molecule has 2 heteroatoms. The predicted octanol–water partition coefficient (Wildman–Crippen LogP) is 3.29. The minimum absolute atomic E-state index is 1.09. The summed E-state index contributed by atoms with van der Waals surface area (Å²) in [6, 6.07) is 12.8. The maximum Gasteiger partial charge on any atom is 0.0456 e. The third-order valence-electron chi connectivity index (χ3n) is 3.38. The van der Waals surface area contributed by atoms with Gasteiger partial charge in [-0.3, -0.25) is 0 Å². The summed E-state index contributed by atoms with van der Waals surface area (Å²) in [6.07, 6.45) is 6.41. The maximum atomic E-state index is 3.33. The van der Waals surface area contributed by atoms with Crippen molar-refractivity contribution in [1.29, 1.82) is 0 Å². The molecule has 0 bridgehead atoms. The van der Waals surface area contributed by atoms with Crippen LogP contribution in [0.2, 0.25) is 0 Å². The number of aromatic amines is 1. The summed E-state index contributed by atoms with van der Waals surface area (Å²) in [5, 5.41) is 1.35. The Labute approximate surface area is 101 Å². The minimum atomic E-state index is 1.09. The van der Waals surface area contributed by atoms with Gasteiger partial charge in [0.1, 0.15) is 0 Å². The van der Waals surface area contributed by atoms with Gasteiger partial charge in [0.15, 0.2) is 0 Å². The Morgan fingerprint density at radius 3 is 2.76 bits per heavy atom. The molecule has 2 nitrogen and oxygen atoms in total. The largest absolute Gasteiger partial charge is 0.361 e. The molecule has 2 aromatic heterocycles. The molecule has 0 aliphatic rings. The molecule has 0 saturated carbocycles. The number of aromatic nitrogens is 2. The normalized spacial score (nSPS) is 11.1. The van der Waals surface area contributed by atoms with Crippen molar-refractivity contribution < 1.29 is 0 Å². The quantitative estimate of drug-likeness (QED) is 0.704. The highest BCUT2D eigenvalue weighted by Gasteiger charge is 2.04. The van der Waals surface area contributed by atoms with Gasteiger partial charge in [-0.05, 0) is 36.6 Å². The number of fused-ring (bicyclic) bond motifs is 1. The van der Waals surface area contributed by atoms with E-state index in [0.717, 1.165) is 12.8 Å². The van der Waals surface area contributed by atoms with Crippen LogP contribution < -0.4 is 0 Å². The lowest BCUT2D eigenvalue weighted by molar-refractivity contribution is 0.802. The van der Waals surface area contributed by atoms with Gasteiger partial charge in [-0.1, -0.05) is 18.2 Å². The van der Waals surface area contributed by atoms with Crippen LogP contribution in [0.3, 0.4) is 0 Å². The predicted molar refractivity (Wildman–Crippen MR) is 71.1 cm³/mol. The van der Waals surface area contributed by atoms with Crippen LogP contribution in [0.5, 0.6) is 0 Å². The number of nitrogens with zero attached hydrogens (tertiary/aromatic N) is 1. The van der Waals surface area contributed by atoms with Gasteiger partial charge >= 0.3 is 0 Å². The second-order valence-electron chi connectivity index (χ2n) is 4.47. The first-order chi connectivity index (χ1) is 8.34. The van der Waals surface area contributed by atoms with E-state index >= 15 is 0 Å². The smallest absolute Gasteiger partial charge is 0.0456 e. The molecule has 2 heterocycles. The number of benzene rings is 1. The molecule has 0 spiro atoms. The van der Waals surface area contributed by atoms with Crippen LogP contribution in [0.25, 0.3) is 10.9 Å². The number of hydrogen-bond acceptors (Lipinski definition) is 0. The van der Waals surface area contributed by atoms with Crippen molar-refractivity contribution in [2.75, 3.05) is 0 Å². The lowest BCUT2D eigenvalue weighted by Gasteiger charge is -2.02. The number of hydrogen-bond donors (Lipinski definition) is 1. The van der Waals surface area contributed by atoms with Crippen LogP contribution >= 0.6 is 0 Å². The van der Waals surface area contributed by atoms with Gasteiger partial charge in [-0.25, -0.2) is 0 Å². The average Bonchev–Trinajstić information content (AvgIpc) is 2.93. The van der Waals surface area contributed by atoms with Crippen LogP contribution in [0.4, 0.5) is 0 Å². The fraction of sp³-hybridized carbons (Fsp3) is 0.200. The third-order valence-corrected chi connectivity index (χ3v) is 3.38. The highest BCUT2D eigenvalue weighted by atomic mass is 14.9. The topological polar surface area (TPSA) is 20.7 Å². The Morgan fingerprint density at radius 2 is 1.94 bits per heavy atom. The first kappa shape index (κ1) is 10.2. The zero-order chi connectivity index (χ0) is 11.7. The first-order valence-electron chi connectivity index (χ1n) is 6.00. The summed E-state index contributed by atoms with van der Waals surface area (Å²) in [4.78, 5) is 3.33. The van der Waals surface area contributed by atoms with Gasteiger partial charge in [0, 0.05) is 36.0 Å². The summed E-state index contributed by atoms with van der Waals surface area (Å²) in [5.74, 6) is 0. The van der Waals surface area contributed by atoms with Crippen molar-refractivity contribution in [3.8, 4) is 0 Å². The molecule has 1 aromatic carbocycles. The average molecular weight is 224 g/mol. The van der Waals surface area contributed by atoms with E-state index in [0.29, 0.717) is 0 Å². The fourth-order valence-corrected chi connectivity index (χ4v) is 2.36. The fourth-order valence-electron chi connectivity index (χ4n) is 2.36. The van der Waals surface area contributed by atoms with Crippen LogP contribution in [0.1, 0.15) is 11.3 Å². The highest BCUT2D eigenvalue weighted by molar-refractivity contribution is 5.83. The number of para-hydroxylation sites is 1. The second kappa shape index (κ2) is 4.13. The van der Waals surface area contributed by atoms with Gasteiger partial charge in [0.25, 0.3) is 0 Å². The molecule has 17 heavy (non-hydrogen) atoms. The monoisotopic (exact) mass is 224 g/mol. The van der Waals surface area contributed by atoms with Crippen molar-refractivity contribution in [3.63, 3.8) is 0 Å². The molecular weight excluding hydrogens is 208 g/mol. The molecule has 3 aromatic rings. The first-order valence-corrected chi connectivity index (χ1v) is 6.00. The number of H-pyrrole nitrogens is 1. The second-order valence-corrected chi connectivity index (χ2v) is 4.47. The van der Waals surface area contributed by atoms with Crippen molar-refractivity contribution in [3.05, 3.63) is 60.0 Å². The lowest BCUT2D eigenvalue weighted by Crippen LogP contribution is -1.97. The molecule has 3 rings (SSSR count). The minimum Gasteiger partial charge on any atom is -0.361 e. The van der Waals surface area contributed by atoms with Gasteiger partial charge in [0.05, 0.1) is 0 Å². The number of nitrogens with one attached hydrogen (secondary N) is 1. The summed E-state index contributed by atoms with van der Waals surface area (Å²) in [6.45, 7) is 0. The van der Waals surface area contributed by atoms with E-state index in [1.165, 1.54) is 22.2 Å². The Morgan fingerprint density at radius 1 is 1.06 bits per heavy atom. The van der Waals surface area contributed by atoms with E-state index in [-0.39, 0.29) is 0 Å². The van der Waals surface area contributed by atoms with Crippen LogP contribution in [-0.2, 0) is 19.9 Å². The Bertz CT molecular complexity index is 631. The summed E-state index contributed by atoms with van der Waals surface area (Å²) >= 11 is 0. The number of aryl methyl sites for hydroxylation is 3. The lowest BCUT2D eigenvalue weighted by atomic mass is 10.1. The van der Waals surface area contributed by atoms with E-state index in [1.807, 2.05) is 0 Å². The molecule has 0 unspecified atom stereocenters. The van der Waals surface area contributed by atoms with Crippen molar-refractivity contribution in [2.24, 2.45) is 7.05 Å². The van der Waals surface area contributed by atoms with Crippen molar-refractivity contribution in [2.45, 2.75) is 12.8 Å². The van der Waals surface area contributed by atoms with E-state index in [9.17, 15) is 0 Å². The molecule has 0 atom stereocenters. The summed E-state index contributed by atoms with van der Waals surface area (Å²) < 4.78 is 2.19. The zero-order valence-corrected chi connectivity index (χ0v) is 9.98. The summed E-state index contributed by atoms with van der Waals surface area (Å²) in [7, 11) is 2.10. The van der Waals surface area contributed by atoms with E-state index in [2.05, 4.69) is 65.4 Å². The SMILES string of the molecule is Cn1cccc1CCc1c[nH]c2ccccc12. The highest BCUT2D eigenvalue weighted by Crippen LogP contribution is 2.19. The molecule has 1 N–H and O–H groups in total. The third kappa shape index (κ3) is 1.86. The molecular formula is C15H16N2. The zero-order valence-electron chi connectivity index (χ0n) is 9.98. The van der Waals surface area contributed by atoms with Gasteiger partial charge in [-0.2, -0.15) is 0 Å².